The smallest absolute Gasteiger partial charge is 0.270 e. The predicted octanol–water partition coefficient (Wildman–Crippen LogP) is 2.36. The Morgan fingerprint density at radius 2 is 1.94 bits per heavy atom. The standard InChI is InChI=1S/C11H16BrN3O2/c1-13(2)6-7-14(3)11-5-4-9(15(16)17)8-10(11)12/h4-5,8H,6-7H2,1-3H3. The van der Waals surface area contributed by atoms with Crippen LogP contribution >= 0.6 is 15.9 Å². The van der Waals surface area contributed by atoms with Gasteiger partial charge >= 0.3 is 0 Å². The molecule has 0 amide bonds. The molecule has 0 aromatic heterocycles. The number of nitrogens with zero attached hydrogens (tertiary/aromatic N) is 3. The van der Waals surface area contributed by atoms with E-state index >= 15 is 0 Å². The number of halogens is 1. The maximum atomic E-state index is 10.6. The molecule has 0 N–H and O–H groups in total. The largest absolute Gasteiger partial charge is 0.372 e. The molecule has 0 bridgehead atoms. The first-order valence-corrected chi connectivity index (χ1v) is 6.01. The van der Waals surface area contributed by atoms with Crippen LogP contribution in [0, 0.1) is 10.1 Å². The number of non-ortho nitro benzene ring substituents is 1. The van der Waals surface area contributed by atoms with Crippen LogP contribution in [0.2, 0.25) is 0 Å². The maximum absolute atomic E-state index is 10.6. The summed E-state index contributed by atoms with van der Waals surface area (Å²) < 4.78 is 0.743. The van der Waals surface area contributed by atoms with E-state index in [2.05, 4.69) is 25.7 Å². The van der Waals surface area contributed by atoms with E-state index in [9.17, 15) is 10.1 Å². The molecule has 0 saturated heterocycles. The molecule has 0 radical (unpaired) electrons. The average molecular weight is 302 g/mol. The zero-order valence-electron chi connectivity index (χ0n) is 10.2. The van der Waals surface area contributed by atoms with E-state index in [-0.39, 0.29) is 5.69 Å². The predicted molar refractivity (Wildman–Crippen MR) is 72.6 cm³/mol. The van der Waals surface area contributed by atoms with E-state index in [0.717, 1.165) is 23.2 Å². The van der Waals surface area contributed by atoms with E-state index in [0.29, 0.717) is 0 Å². The molecule has 94 valence electrons. The van der Waals surface area contributed by atoms with Crippen LogP contribution in [0.3, 0.4) is 0 Å². The fourth-order valence-corrected chi connectivity index (χ4v) is 2.06. The molecule has 0 unspecified atom stereocenters. The Balaban J connectivity index is 2.81. The van der Waals surface area contributed by atoms with Gasteiger partial charge < -0.3 is 9.80 Å². The molecule has 1 rings (SSSR count). The lowest BCUT2D eigenvalue weighted by Gasteiger charge is -2.22. The molecule has 0 aliphatic carbocycles. The van der Waals surface area contributed by atoms with Gasteiger partial charge in [-0.05, 0) is 36.1 Å². The second-order valence-corrected chi connectivity index (χ2v) is 4.97. The first-order valence-electron chi connectivity index (χ1n) is 5.21. The lowest BCUT2D eigenvalue weighted by molar-refractivity contribution is -0.384. The van der Waals surface area contributed by atoms with Crippen molar-refractivity contribution in [2.75, 3.05) is 39.1 Å². The van der Waals surface area contributed by atoms with Crippen molar-refractivity contribution >= 4 is 27.3 Å². The first-order chi connectivity index (χ1) is 7.91. The van der Waals surface area contributed by atoms with Crippen LogP contribution in [0.1, 0.15) is 0 Å². The van der Waals surface area contributed by atoms with E-state index in [1.54, 1.807) is 6.07 Å². The molecule has 0 aliphatic rings. The maximum Gasteiger partial charge on any atom is 0.270 e. The molecular formula is C11H16BrN3O2. The average Bonchev–Trinajstić information content (AvgIpc) is 2.25. The van der Waals surface area contributed by atoms with Gasteiger partial charge in [0, 0.05) is 36.7 Å². The van der Waals surface area contributed by atoms with Crippen LogP contribution in [0.25, 0.3) is 0 Å². The highest BCUT2D eigenvalue weighted by Crippen LogP contribution is 2.29. The molecule has 6 heteroatoms. The third kappa shape index (κ3) is 3.98. The van der Waals surface area contributed by atoms with E-state index in [1.807, 2.05) is 21.1 Å². The number of hydrogen-bond donors (Lipinski definition) is 0. The number of nitro benzene ring substituents is 1. The van der Waals surface area contributed by atoms with Crippen LogP contribution in [-0.2, 0) is 0 Å². The molecule has 0 heterocycles. The molecule has 0 atom stereocenters. The molecule has 0 aliphatic heterocycles. The van der Waals surface area contributed by atoms with Crippen LogP contribution < -0.4 is 4.90 Å². The van der Waals surface area contributed by atoms with Crippen molar-refractivity contribution < 1.29 is 4.92 Å². The molecule has 0 spiro atoms. The summed E-state index contributed by atoms with van der Waals surface area (Å²) in [5, 5.41) is 10.6. The van der Waals surface area contributed by atoms with Gasteiger partial charge in [0.25, 0.3) is 5.69 Å². The lowest BCUT2D eigenvalue weighted by Crippen LogP contribution is -2.28. The highest BCUT2D eigenvalue weighted by molar-refractivity contribution is 9.10. The zero-order chi connectivity index (χ0) is 13.0. The van der Waals surface area contributed by atoms with Crippen LogP contribution in [0.5, 0.6) is 0 Å². The fourth-order valence-electron chi connectivity index (χ4n) is 1.39. The SMILES string of the molecule is CN(C)CCN(C)c1ccc([N+](=O)[O-])cc1Br. The minimum atomic E-state index is -0.394. The Morgan fingerprint density at radius 3 is 2.41 bits per heavy atom. The summed E-state index contributed by atoms with van der Waals surface area (Å²) in [6.45, 7) is 1.79. The van der Waals surface area contributed by atoms with Crippen molar-refractivity contribution in [2.24, 2.45) is 0 Å². The van der Waals surface area contributed by atoms with Gasteiger partial charge in [0.15, 0.2) is 0 Å². The van der Waals surface area contributed by atoms with Crippen molar-refractivity contribution in [3.05, 3.63) is 32.8 Å². The number of nitro groups is 1. The number of rotatable bonds is 5. The van der Waals surface area contributed by atoms with Gasteiger partial charge in [0.05, 0.1) is 10.6 Å². The molecule has 1 aromatic carbocycles. The van der Waals surface area contributed by atoms with Crippen molar-refractivity contribution in [1.29, 1.82) is 0 Å². The summed E-state index contributed by atoms with van der Waals surface area (Å²) in [6, 6.07) is 4.81. The Kier molecular flexibility index (Phi) is 4.89. The van der Waals surface area contributed by atoms with Crippen LogP contribution in [-0.4, -0.2) is 44.1 Å². The van der Waals surface area contributed by atoms with E-state index in [4.69, 9.17) is 0 Å². The number of hydrogen-bond acceptors (Lipinski definition) is 4. The van der Waals surface area contributed by atoms with Gasteiger partial charge in [-0.15, -0.1) is 0 Å². The lowest BCUT2D eigenvalue weighted by atomic mass is 10.2. The quantitative estimate of drug-likeness (QED) is 0.619. The van der Waals surface area contributed by atoms with Gasteiger partial charge in [0.2, 0.25) is 0 Å². The van der Waals surface area contributed by atoms with Gasteiger partial charge in [0.1, 0.15) is 0 Å². The van der Waals surface area contributed by atoms with Crippen molar-refractivity contribution in [3.63, 3.8) is 0 Å². The minimum absolute atomic E-state index is 0.0987. The molecule has 1 aromatic rings. The highest BCUT2D eigenvalue weighted by atomic mass is 79.9. The molecule has 5 nitrogen and oxygen atoms in total. The van der Waals surface area contributed by atoms with Crippen molar-refractivity contribution in [2.45, 2.75) is 0 Å². The normalized spacial score (nSPS) is 10.6. The Labute approximate surface area is 109 Å². The van der Waals surface area contributed by atoms with Crippen LogP contribution in [0.4, 0.5) is 11.4 Å². The molecule has 0 saturated carbocycles. The number of anilines is 1. The number of benzene rings is 1. The first kappa shape index (κ1) is 13.9. The summed E-state index contributed by atoms with van der Waals surface area (Å²) in [6.07, 6.45) is 0. The summed E-state index contributed by atoms with van der Waals surface area (Å²) in [4.78, 5) is 14.4. The molecule has 0 fully saturated rings. The van der Waals surface area contributed by atoms with Crippen molar-refractivity contribution in [1.82, 2.24) is 4.90 Å². The second kappa shape index (κ2) is 5.97. The van der Waals surface area contributed by atoms with E-state index in [1.165, 1.54) is 12.1 Å². The van der Waals surface area contributed by atoms with Gasteiger partial charge in [-0.1, -0.05) is 0 Å². The second-order valence-electron chi connectivity index (χ2n) is 4.12. The van der Waals surface area contributed by atoms with E-state index < -0.39 is 4.92 Å². The van der Waals surface area contributed by atoms with Crippen molar-refractivity contribution in [3.8, 4) is 0 Å². The zero-order valence-corrected chi connectivity index (χ0v) is 11.8. The van der Waals surface area contributed by atoms with Gasteiger partial charge in [-0.2, -0.15) is 0 Å². The monoisotopic (exact) mass is 301 g/mol. The summed E-state index contributed by atoms with van der Waals surface area (Å²) in [5.41, 5.74) is 1.05. The summed E-state index contributed by atoms with van der Waals surface area (Å²) in [5.74, 6) is 0. The van der Waals surface area contributed by atoms with Gasteiger partial charge in [-0.3, -0.25) is 10.1 Å². The summed E-state index contributed by atoms with van der Waals surface area (Å²) >= 11 is 3.36. The third-order valence-electron chi connectivity index (χ3n) is 2.44. The highest BCUT2D eigenvalue weighted by Gasteiger charge is 2.11. The molecule has 17 heavy (non-hydrogen) atoms. The fraction of sp³-hybridized carbons (Fsp3) is 0.455. The summed E-state index contributed by atoms with van der Waals surface area (Å²) in [7, 11) is 5.99. The van der Waals surface area contributed by atoms with Gasteiger partial charge in [-0.25, -0.2) is 0 Å². The molecular weight excluding hydrogens is 286 g/mol. The topological polar surface area (TPSA) is 49.6 Å². The Hall–Kier alpha value is -1.14. The third-order valence-corrected chi connectivity index (χ3v) is 3.07. The Morgan fingerprint density at radius 1 is 1.29 bits per heavy atom. The minimum Gasteiger partial charge on any atom is -0.372 e. The number of likely N-dealkylation sites (N-methyl/N-ethyl adjacent to an activating group) is 2. The van der Waals surface area contributed by atoms with Crippen LogP contribution in [0.15, 0.2) is 22.7 Å². The Bertz CT molecular complexity index is 410.